The molecule has 1 fully saturated rings. The van der Waals surface area contributed by atoms with Crippen molar-refractivity contribution in [2.45, 2.75) is 45.5 Å². The van der Waals surface area contributed by atoms with E-state index in [2.05, 4.69) is 10.3 Å². The zero-order valence-corrected chi connectivity index (χ0v) is 13.7. The number of hydrogen-bond donors (Lipinski definition) is 1. The van der Waals surface area contributed by atoms with Crippen LogP contribution in [-0.4, -0.2) is 43.0 Å². The summed E-state index contributed by atoms with van der Waals surface area (Å²) in [5.74, 6) is 1.39. The number of rotatable bonds is 6. The molecule has 2 atom stereocenters. The first-order chi connectivity index (χ1) is 9.69. The zero-order valence-electron chi connectivity index (χ0n) is 12.9. The Morgan fingerprint density at radius 3 is 2.76 bits per heavy atom. The van der Waals surface area contributed by atoms with Crippen molar-refractivity contribution < 1.29 is 14.2 Å². The molecule has 120 valence electrons. The molecule has 2 heterocycles. The van der Waals surface area contributed by atoms with Crippen LogP contribution in [0.3, 0.4) is 0 Å². The maximum Gasteiger partial charge on any atom is 0.213 e. The van der Waals surface area contributed by atoms with Crippen molar-refractivity contribution in [2.24, 2.45) is 0 Å². The standard InChI is InChI=1S/C15H24N2O3.ClH/c1-4-18-14-10-16-8-7-13(14)20-15-6-5-12(9-17-15)19-11(2)3;/h5-6,9,11,13-14,16H,4,7-8,10H2,1-3H3;1H. The Hall–Kier alpha value is -1.04. The predicted molar refractivity (Wildman–Crippen MR) is 84.6 cm³/mol. The number of nitrogens with zero attached hydrogens (tertiary/aromatic N) is 1. The molecule has 6 heteroatoms. The molecule has 2 rings (SSSR count). The molecule has 0 amide bonds. The van der Waals surface area contributed by atoms with Gasteiger partial charge in [0.15, 0.2) is 0 Å². The highest BCUT2D eigenvalue weighted by atomic mass is 35.5. The van der Waals surface area contributed by atoms with Crippen LogP contribution >= 0.6 is 12.4 Å². The average Bonchev–Trinajstić information content (AvgIpc) is 2.43. The van der Waals surface area contributed by atoms with Crippen molar-refractivity contribution in [1.29, 1.82) is 0 Å². The van der Waals surface area contributed by atoms with E-state index in [1.54, 1.807) is 6.20 Å². The van der Waals surface area contributed by atoms with E-state index < -0.39 is 0 Å². The summed E-state index contributed by atoms with van der Waals surface area (Å²) in [6.07, 6.45) is 2.92. The summed E-state index contributed by atoms with van der Waals surface area (Å²) >= 11 is 0. The number of hydrogen-bond acceptors (Lipinski definition) is 5. The van der Waals surface area contributed by atoms with Crippen LogP contribution in [0.4, 0.5) is 0 Å². The number of halogens is 1. The second kappa shape index (κ2) is 9.07. The molecule has 0 bridgehead atoms. The van der Waals surface area contributed by atoms with Gasteiger partial charge in [-0.3, -0.25) is 0 Å². The van der Waals surface area contributed by atoms with Gasteiger partial charge in [-0.2, -0.15) is 0 Å². The van der Waals surface area contributed by atoms with Gasteiger partial charge in [0.05, 0.1) is 12.3 Å². The van der Waals surface area contributed by atoms with E-state index >= 15 is 0 Å². The Morgan fingerprint density at radius 1 is 1.33 bits per heavy atom. The van der Waals surface area contributed by atoms with Gasteiger partial charge in [0, 0.05) is 19.2 Å². The summed E-state index contributed by atoms with van der Waals surface area (Å²) in [5.41, 5.74) is 0. The third-order valence-electron chi connectivity index (χ3n) is 3.10. The van der Waals surface area contributed by atoms with Crippen molar-refractivity contribution in [2.75, 3.05) is 19.7 Å². The normalized spacial score (nSPS) is 21.7. The van der Waals surface area contributed by atoms with E-state index in [-0.39, 0.29) is 30.7 Å². The number of piperidine rings is 1. The molecular formula is C15H25ClN2O3. The van der Waals surface area contributed by atoms with E-state index in [1.165, 1.54) is 0 Å². The highest BCUT2D eigenvalue weighted by Gasteiger charge is 2.27. The van der Waals surface area contributed by atoms with E-state index in [0.29, 0.717) is 12.5 Å². The third kappa shape index (κ3) is 5.69. The van der Waals surface area contributed by atoms with Crippen molar-refractivity contribution in [3.05, 3.63) is 18.3 Å². The molecule has 0 aromatic carbocycles. The van der Waals surface area contributed by atoms with E-state index in [9.17, 15) is 0 Å². The minimum atomic E-state index is 0. The number of aromatic nitrogens is 1. The summed E-state index contributed by atoms with van der Waals surface area (Å²) in [7, 11) is 0. The molecule has 2 unspecified atom stereocenters. The van der Waals surface area contributed by atoms with Gasteiger partial charge in [0.25, 0.3) is 0 Å². The molecule has 0 spiro atoms. The summed E-state index contributed by atoms with van der Waals surface area (Å²) in [5, 5.41) is 3.32. The molecule has 1 saturated heterocycles. The van der Waals surface area contributed by atoms with Crippen LogP contribution in [0.2, 0.25) is 0 Å². The van der Waals surface area contributed by atoms with Crippen LogP contribution in [0, 0.1) is 0 Å². The van der Waals surface area contributed by atoms with Crippen LogP contribution in [0.1, 0.15) is 27.2 Å². The largest absolute Gasteiger partial charge is 0.489 e. The van der Waals surface area contributed by atoms with Gasteiger partial charge in [-0.05, 0) is 39.8 Å². The lowest BCUT2D eigenvalue weighted by atomic mass is 10.1. The second-order valence-corrected chi connectivity index (χ2v) is 5.14. The third-order valence-corrected chi connectivity index (χ3v) is 3.10. The maximum absolute atomic E-state index is 5.95. The quantitative estimate of drug-likeness (QED) is 0.873. The molecule has 1 aromatic rings. The van der Waals surface area contributed by atoms with Crippen LogP contribution in [0.5, 0.6) is 11.6 Å². The first-order valence-electron chi connectivity index (χ1n) is 7.30. The number of pyridine rings is 1. The first kappa shape index (κ1) is 18.0. The smallest absolute Gasteiger partial charge is 0.213 e. The Kier molecular flexibility index (Phi) is 7.78. The fourth-order valence-electron chi connectivity index (χ4n) is 2.25. The Labute approximate surface area is 132 Å². The lowest BCUT2D eigenvalue weighted by molar-refractivity contribution is -0.0359. The van der Waals surface area contributed by atoms with Gasteiger partial charge in [-0.25, -0.2) is 4.98 Å². The summed E-state index contributed by atoms with van der Waals surface area (Å²) < 4.78 is 17.2. The molecule has 1 N–H and O–H groups in total. The Bertz CT molecular complexity index is 398. The van der Waals surface area contributed by atoms with Crippen LogP contribution in [-0.2, 0) is 4.74 Å². The maximum atomic E-state index is 5.95. The minimum absolute atomic E-state index is 0. The lowest BCUT2D eigenvalue weighted by Crippen LogP contribution is -2.48. The topological polar surface area (TPSA) is 52.6 Å². The van der Waals surface area contributed by atoms with Gasteiger partial charge >= 0.3 is 0 Å². The van der Waals surface area contributed by atoms with Crippen molar-refractivity contribution >= 4 is 12.4 Å². The monoisotopic (exact) mass is 316 g/mol. The SMILES string of the molecule is CCOC1CNCCC1Oc1ccc(OC(C)C)cn1.Cl. The molecule has 1 aromatic heterocycles. The Balaban J connectivity index is 0.00000220. The van der Waals surface area contributed by atoms with E-state index in [4.69, 9.17) is 14.2 Å². The molecule has 5 nitrogen and oxygen atoms in total. The Morgan fingerprint density at radius 2 is 2.14 bits per heavy atom. The first-order valence-corrected chi connectivity index (χ1v) is 7.30. The van der Waals surface area contributed by atoms with Gasteiger partial charge in [0.1, 0.15) is 18.0 Å². The number of ether oxygens (including phenoxy) is 3. The van der Waals surface area contributed by atoms with Crippen molar-refractivity contribution in [3.63, 3.8) is 0 Å². The predicted octanol–water partition coefficient (Wildman–Crippen LogP) is 2.44. The molecule has 0 radical (unpaired) electrons. The fraction of sp³-hybridized carbons (Fsp3) is 0.667. The van der Waals surface area contributed by atoms with Crippen molar-refractivity contribution in [1.82, 2.24) is 10.3 Å². The molecule has 21 heavy (non-hydrogen) atoms. The van der Waals surface area contributed by atoms with E-state index in [0.717, 1.165) is 25.3 Å². The van der Waals surface area contributed by atoms with Gasteiger partial charge in [-0.1, -0.05) is 0 Å². The fourth-order valence-corrected chi connectivity index (χ4v) is 2.25. The molecule has 1 aliphatic heterocycles. The highest BCUT2D eigenvalue weighted by molar-refractivity contribution is 5.85. The minimum Gasteiger partial charge on any atom is -0.489 e. The summed E-state index contributed by atoms with van der Waals surface area (Å²) in [6.45, 7) is 8.46. The average molecular weight is 317 g/mol. The summed E-state index contributed by atoms with van der Waals surface area (Å²) in [6, 6.07) is 3.74. The van der Waals surface area contributed by atoms with Crippen LogP contribution in [0.25, 0.3) is 0 Å². The zero-order chi connectivity index (χ0) is 14.4. The number of nitrogens with one attached hydrogen (secondary N) is 1. The van der Waals surface area contributed by atoms with Crippen LogP contribution in [0.15, 0.2) is 18.3 Å². The molecule has 0 saturated carbocycles. The highest BCUT2D eigenvalue weighted by Crippen LogP contribution is 2.19. The lowest BCUT2D eigenvalue weighted by Gasteiger charge is -2.31. The summed E-state index contributed by atoms with van der Waals surface area (Å²) in [4.78, 5) is 4.30. The molecular weight excluding hydrogens is 292 g/mol. The molecule has 1 aliphatic rings. The van der Waals surface area contributed by atoms with Gasteiger partial charge < -0.3 is 19.5 Å². The second-order valence-electron chi connectivity index (χ2n) is 5.14. The van der Waals surface area contributed by atoms with Gasteiger partial charge in [-0.15, -0.1) is 12.4 Å². The van der Waals surface area contributed by atoms with Gasteiger partial charge in [0.2, 0.25) is 5.88 Å². The van der Waals surface area contributed by atoms with Crippen molar-refractivity contribution in [3.8, 4) is 11.6 Å². The van der Waals surface area contributed by atoms with Crippen LogP contribution < -0.4 is 14.8 Å². The molecule has 0 aliphatic carbocycles. The van der Waals surface area contributed by atoms with E-state index in [1.807, 2.05) is 32.9 Å².